The predicted octanol–water partition coefficient (Wildman–Crippen LogP) is 6.34. The minimum Gasteiger partial charge on any atom is -0.493 e. The van der Waals surface area contributed by atoms with Crippen molar-refractivity contribution in [2.75, 3.05) is 63.9 Å². The quantitative estimate of drug-likeness (QED) is 0.204. The van der Waals surface area contributed by atoms with Crippen LogP contribution in [-0.2, 0) is 20.8 Å². The Kier molecular flexibility index (Phi) is 10.5. The van der Waals surface area contributed by atoms with E-state index >= 15 is 4.39 Å². The standard InChI is InChI=1S/C40H43FN4O6/c1-26-3-7-36(34-23-44(12-9-37(34)46)22-27-10-13-48-14-11-27)45(21-26)30-5-6-32(35(41)19-30)33-17-29(20-43-40(33)42)28-4-8-38(39(18-28)47-2)51-25-31-24-49-15-16-50-31/h3-9,12,17-20,23,27,31H,10-11,13-16,21-22,24-25H2,1-2H3,(H2,42,43)/t31-/m1/s1. The molecule has 10 nitrogen and oxygen atoms in total. The highest BCUT2D eigenvalue weighted by Crippen LogP contribution is 2.38. The lowest BCUT2D eigenvalue weighted by molar-refractivity contribution is -0.101. The summed E-state index contributed by atoms with van der Waals surface area (Å²) in [5, 5.41) is 0. The van der Waals surface area contributed by atoms with Gasteiger partial charge in [-0.25, -0.2) is 9.37 Å². The Morgan fingerprint density at radius 2 is 1.80 bits per heavy atom. The van der Waals surface area contributed by atoms with Gasteiger partial charge in [0.25, 0.3) is 0 Å². The highest BCUT2D eigenvalue weighted by Gasteiger charge is 2.23. The van der Waals surface area contributed by atoms with Gasteiger partial charge in [-0.3, -0.25) is 4.79 Å². The van der Waals surface area contributed by atoms with Gasteiger partial charge in [-0.15, -0.1) is 0 Å². The molecule has 2 fully saturated rings. The molecule has 7 rings (SSSR count). The second kappa shape index (κ2) is 15.5. The fraction of sp³-hybridized carbons (Fsp3) is 0.350. The van der Waals surface area contributed by atoms with Crippen molar-refractivity contribution in [3.8, 4) is 33.8 Å². The molecular weight excluding hydrogens is 651 g/mol. The molecule has 0 unspecified atom stereocenters. The van der Waals surface area contributed by atoms with Gasteiger partial charge >= 0.3 is 0 Å². The zero-order valence-electron chi connectivity index (χ0n) is 29.0. The Morgan fingerprint density at radius 1 is 0.941 bits per heavy atom. The van der Waals surface area contributed by atoms with Crippen LogP contribution in [0.4, 0.5) is 15.9 Å². The van der Waals surface area contributed by atoms with E-state index in [4.69, 9.17) is 29.4 Å². The average Bonchev–Trinajstić information content (AvgIpc) is 3.16. The van der Waals surface area contributed by atoms with Gasteiger partial charge in [-0.05, 0) is 73.7 Å². The van der Waals surface area contributed by atoms with Crippen molar-refractivity contribution >= 4 is 17.2 Å². The summed E-state index contributed by atoms with van der Waals surface area (Å²) in [5.74, 6) is 1.36. The fourth-order valence-corrected chi connectivity index (χ4v) is 6.74. The predicted molar refractivity (Wildman–Crippen MR) is 195 cm³/mol. The largest absolute Gasteiger partial charge is 0.493 e. The van der Waals surface area contributed by atoms with Gasteiger partial charge in [0.1, 0.15) is 24.3 Å². The number of hydrogen-bond acceptors (Lipinski definition) is 9. The molecule has 0 bridgehead atoms. The van der Waals surface area contributed by atoms with E-state index in [2.05, 4.69) is 9.55 Å². The molecule has 0 aliphatic carbocycles. The second-order valence-electron chi connectivity index (χ2n) is 13.2. The molecule has 11 heteroatoms. The van der Waals surface area contributed by atoms with Crippen LogP contribution >= 0.6 is 0 Å². The summed E-state index contributed by atoms with van der Waals surface area (Å²) in [5.41, 5.74) is 11.6. The Bertz CT molecular complexity index is 2000. The zero-order valence-corrected chi connectivity index (χ0v) is 29.0. The maximum Gasteiger partial charge on any atom is 0.190 e. The van der Waals surface area contributed by atoms with E-state index in [1.165, 1.54) is 6.07 Å². The van der Waals surface area contributed by atoms with Gasteiger partial charge < -0.3 is 38.9 Å². The van der Waals surface area contributed by atoms with Crippen molar-refractivity contribution in [1.29, 1.82) is 0 Å². The number of methoxy groups -OCH3 is 1. The van der Waals surface area contributed by atoms with E-state index < -0.39 is 5.82 Å². The van der Waals surface area contributed by atoms with E-state index in [9.17, 15) is 4.79 Å². The second-order valence-corrected chi connectivity index (χ2v) is 13.2. The van der Waals surface area contributed by atoms with E-state index in [0.717, 1.165) is 55.0 Å². The molecule has 3 aliphatic heterocycles. The summed E-state index contributed by atoms with van der Waals surface area (Å²) < 4.78 is 46.5. The van der Waals surface area contributed by atoms with Crippen LogP contribution in [0, 0.1) is 11.7 Å². The zero-order chi connectivity index (χ0) is 35.3. The molecule has 1 atom stereocenters. The van der Waals surface area contributed by atoms with E-state index in [1.54, 1.807) is 25.4 Å². The number of nitrogens with zero attached hydrogens (tertiary/aromatic N) is 3. The minimum absolute atomic E-state index is 0.0840. The number of aromatic nitrogens is 2. The molecule has 0 amide bonds. The van der Waals surface area contributed by atoms with Gasteiger partial charge in [0.2, 0.25) is 0 Å². The number of ether oxygens (including phenoxy) is 5. The third-order valence-electron chi connectivity index (χ3n) is 9.57. The van der Waals surface area contributed by atoms with Gasteiger partial charge in [0.15, 0.2) is 16.9 Å². The van der Waals surface area contributed by atoms with Gasteiger partial charge in [0, 0.05) is 73.3 Å². The Balaban J connectivity index is 1.14. The van der Waals surface area contributed by atoms with Crippen LogP contribution in [0.3, 0.4) is 0 Å². The normalized spacial score (nSPS) is 18.3. The third kappa shape index (κ3) is 7.85. The van der Waals surface area contributed by atoms with Crippen LogP contribution in [0.5, 0.6) is 11.5 Å². The smallest absolute Gasteiger partial charge is 0.190 e. The molecule has 2 N–H and O–H groups in total. The van der Waals surface area contributed by atoms with Crippen molar-refractivity contribution in [2.24, 2.45) is 5.92 Å². The fourth-order valence-electron chi connectivity index (χ4n) is 6.74. The molecule has 3 aliphatic rings. The monoisotopic (exact) mass is 694 g/mol. The molecule has 5 heterocycles. The molecule has 0 radical (unpaired) electrons. The van der Waals surface area contributed by atoms with Crippen LogP contribution in [0.25, 0.3) is 28.0 Å². The Labute approximate surface area is 296 Å². The van der Waals surface area contributed by atoms with Gasteiger partial charge in [-0.2, -0.15) is 0 Å². The van der Waals surface area contributed by atoms with Gasteiger partial charge in [-0.1, -0.05) is 17.7 Å². The summed E-state index contributed by atoms with van der Waals surface area (Å²) in [6, 6.07) is 14.1. The lowest BCUT2D eigenvalue weighted by Crippen LogP contribution is -2.33. The van der Waals surface area contributed by atoms with E-state index in [0.29, 0.717) is 72.8 Å². The van der Waals surface area contributed by atoms with Crippen LogP contribution in [-0.4, -0.2) is 69.0 Å². The molecule has 266 valence electrons. The van der Waals surface area contributed by atoms with Crippen LogP contribution in [0.2, 0.25) is 0 Å². The molecule has 4 aromatic rings. The van der Waals surface area contributed by atoms with Crippen LogP contribution in [0.1, 0.15) is 25.3 Å². The first-order valence-electron chi connectivity index (χ1n) is 17.4. The summed E-state index contributed by atoms with van der Waals surface area (Å²) in [6.07, 6.45) is 11.2. The number of benzene rings is 2. The molecular formula is C40H43FN4O6. The highest BCUT2D eigenvalue weighted by molar-refractivity contribution is 5.85. The number of hydrogen-bond donors (Lipinski definition) is 1. The number of rotatable bonds is 10. The highest BCUT2D eigenvalue weighted by atomic mass is 19.1. The minimum atomic E-state index is -0.454. The number of halogens is 1. The maximum absolute atomic E-state index is 16.2. The first kappa shape index (κ1) is 34.5. The lowest BCUT2D eigenvalue weighted by Gasteiger charge is -2.31. The Morgan fingerprint density at radius 3 is 2.59 bits per heavy atom. The Hall–Kier alpha value is -4.97. The van der Waals surface area contributed by atoms with Crippen molar-refractivity contribution in [3.05, 3.63) is 106 Å². The number of pyridine rings is 2. The molecule has 2 saturated heterocycles. The number of allylic oxidation sites excluding steroid dienone is 2. The first-order chi connectivity index (χ1) is 24.9. The summed E-state index contributed by atoms with van der Waals surface area (Å²) in [7, 11) is 1.58. The van der Waals surface area contributed by atoms with Crippen molar-refractivity contribution in [3.63, 3.8) is 0 Å². The molecule has 2 aromatic carbocycles. The van der Waals surface area contributed by atoms with E-state index in [1.807, 2.05) is 66.7 Å². The molecule has 51 heavy (non-hydrogen) atoms. The third-order valence-corrected chi connectivity index (χ3v) is 9.57. The molecule has 2 aromatic heterocycles. The summed E-state index contributed by atoms with van der Waals surface area (Å²) in [4.78, 5) is 19.6. The van der Waals surface area contributed by atoms with Crippen molar-refractivity contribution < 1.29 is 28.1 Å². The average molecular weight is 695 g/mol. The number of nitrogens with two attached hydrogens (primary N) is 1. The molecule has 0 spiro atoms. The van der Waals surface area contributed by atoms with Gasteiger partial charge in [0.05, 0.1) is 38.2 Å². The maximum atomic E-state index is 16.2. The van der Waals surface area contributed by atoms with Crippen molar-refractivity contribution in [1.82, 2.24) is 9.55 Å². The lowest BCUT2D eigenvalue weighted by atomic mass is 9.99. The SMILES string of the molecule is COc1cc(-c2cnc(N)c(-c3ccc(N4CC(C)=CC=C4c4cn(CC5CCOCC5)ccc4=O)cc3F)c2)ccc1OC[C@H]1COCCO1. The van der Waals surface area contributed by atoms with Crippen molar-refractivity contribution in [2.45, 2.75) is 32.4 Å². The topological polar surface area (TPSA) is 110 Å². The summed E-state index contributed by atoms with van der Waals surface area (Å²) in [6.45, 7) is 6.82. The molecule has 0 saturated carbocycles. The van der Waals surface area contributed by atoms with Crippen LogP contribution in [0.15, 0.2) is 89.6 Å². The first-order valence-corrected chi connectivity index (χ1v) is 17.4. The van der Waals surface area contributed by atoms with E-state index in [-0.39, 0.29) is 17.4 Å². The number of nitrogen functional groups attached to an aromatic ring is 1. The number of anilines is 2. The summed E-state index contributed by atoms with van der Waals surface area (Å²) >= 11 is 0. The van der Waals surface area contributed by atoms with Crippen LogP contribution < -0.4 is 25.5 Å².